The molecule has 0 heterocycles. The summed E-state index contributed by atoms with van der Waals surface area (Å²) in [6.45, 7) is 0. The number of carboxylic acids is 1. The summed E-state index contributed by atoms with van der Waals surface area (Å²) >= 11 is 0. The second kappa shape index (κ2) is 6.76. The zero-order valence-electron chi connectivity index (χ0n) is 12.5. The van der Waals surface area contributed by atoms with Gasteiger partial charge in [-0.2, -0.15) is 21.6 Å². The summed E-state index contributed by atoms with van der Waals surface area (Å²) in [6, 6.07) is 7.67. The van der Waals surface area contributed by atoms with E-state index >= 15 is 0 Å². The number of alkyl halides is 3. The fourth-order valence-electron chi connectivity index (χ4n) is 1.82. The minimum atomic E-state index is -5.79. The van der Waals surface area contributed by atoms with Gasteiger partial charge in [0.05, 0.1) is 0 Å². The zero-order chi connectivity index (χ0) is 18.8. The lowest BCUT2D eigenvalue weighted by Gasteiger charge is -2.14. The van der Waals surface area contributed by atoms with Crippen molar-refractivity contribution in [1.29, 1.82) is 0 Å². The quantitative estimate of drug-likeness (QED) is 0.467. The van der Waals surface area contributed by atoms with Gasteiger partial charge in [-0.3, -0.25) is 0 Å². The Kier molecular flexibility index (Phi) is 5.09. The highest BCUT2D eigenvalue weighted by Crippen LogP contribution is 2.30. The lowest BCUT2D eigenvalue weighted by atomic mass is 10.1. The molecule has 7 nitrogen and oxygen atoms in total. The Bertz CT molecular complexity index is 893. The number of methoxy groups -OCH3 is 1. The van der Waals surface area contributed by atoms with E-state index in [9.17, 15) is 26.4 Å². The summed E-state index contributed by atoms with van der Waals surface area (Å²) in [5.41, 5.74) is -5.56. The highest BCUT2D eigenvalue weighted by atomic mass is 32.2. The standard InChI is InChI=1S/C14H11F3O7S/c1-22-13(12(18)19)23-10-4-2-8-3-5-11(7-9(8)6-10)24-25(20,21)14(15,16)17/h2-7,13H,1H3,(H,18,19). The minimum Gasteiger partial charge on any atom is -0.477 e. The van der Waals surface area contributed by atoms with Crippen LogP contribution in [0.1, 0.15) is 0 Å². The van der Waals surface area contributed by atoms with E-state index in [4.69, 9.17) is 9.84 Å². The monoisotopic (exact) mass is 380 g/mol. The van der Waals surface area contributed by atoms with Crippen molar-refractivity contribution in [3.63, 3.8) is 0 Å². The summed E-state index contributed by atoms with van der Waals surface area (Å²) < 4.78 is 72.8. The number of fused-ring (bicyclic) bond motifs is 1. The van der Waals surface area contributed by atoms with Crippen LogP contribution in [0.15, 0.2) is 36.4 Å². The Balaban J connectivity index is 2.34. The largest absolute Gasteiger partial charge is 0.534 e. The molecule has 2 rings (SSSR count). The third-order valence-electron chi connectivity index (χ3n) is 2.93. The van der Waals surface area contributed by atoms with E-state index in [-0.39, 0.29) is 11.1 Å². The van der Waals surface area contributed by atoms with Crippen LogP contribution >= 0.6 is 0 Å². The normalized spacial score (nSPS) is 13.4. The molecule has 1 atom stereocenters. The molecule has 136 valence electrons. The fraction of sp³-hybridized carbons (Fsp3) is 0.214. The van der Waals surface area contributed by atoms with Crippen molar-refractivity contribution in [3.8, 4) is 11.5 Å². The van der Waals surface area contributed by atoms with Crippen LogP contribution in [-0.2, 0) is 19.6 Å². The average molecular weight is 380 g/mol. The number of ether oxygens (including phenoxy) is 2. The van der Waals surface area contributed by atoms with Crippen molar-refractivity contribution in [2.45, 2.75) is 11.8 Å². The Morgan fingerprint density at radius 1 is 1.08 bits per heavy atom. The molecule has 2 aromatic rings. The van der Waals surface area contributed by atoms with Crippen LogP contribution in [0, 0.1) is 0 Å². The Labute approximate surface area is 139 Å². The van der Waals surface area contributed by atoms with Gasteiger partial charge in [0.25, 0.3) is 6.29 Å². The van der Waals surface area contributed by atoms with Crippen LogP contribution < -0.4 is 8.92 Å². The van der Waals surface area contributed by atoms with E-state index in [2.05, 4.69) is 8.92 Å². The Hall–Kier alpha value is -2.53. The molecule has 0 spiro atoms. The predicted molar refractivity (Wildman–Crippen MR) is 78.6 cm³/mol. The van der Waals surface area contributed by atoms with Gasteiger partial charge in [-0.25, -0.2) is 4.79 Å². The number of halogens is 3. The van der Waals surface area contributed by atoms with Gasteiger partial charge >= 0.3 is 21.6 Å². The number of benzene rings is 2. The van der Waals surface area contributed by atoms with Gasteiger partial charge in [0.2, 0.25) is 0 Å². The predicted octanol–water partition coefficient (Wildman–Crippen LogP) is 2.50. The van der Waals surface area contributed by atoms with Gasteiger partial charge in [0, 0.05) is 7.11 Å². The van der Waals surface area contributed by atoms with Crippen LogP contribution in [0.4, 0.5) is 13.2 Å². The van der Waals surface area contributed by atoms with Crippen molar-refractivity contribution < 1.29 is 45.1 Å². The summed E-state index contributed by atoms with van der Waals surface area (Å²) in [6.07, 6.45) is -1.58. The van der Waals surface area contributed by atoms with Crippen LogP contribution in [0.5, 0.6) is 11.5 Å². The highest BCUT2D eigenvalue weighted by molar-refractivity contribution is 7.88. The van der Waals surface area contributed by atoms with Crippen LogP contribution in [0.3, 0.4) is 0 Å². The number of carbonyl (C=O) groups is 1. The number of hydrogen-bond donors (Lipinski definition) is 1. The second-order valence-corrected chi connectivity index (χ2v) is 6.22. The van der Waals surface area contributed by atoms with Crippen LogP contribution in [0.25, 0.3) is 10.8 Å². The van der Waals surface area contributed by atoms with E-state index in [1.165, 1.54) is 24.3 Å². The van der Waals surface area contributed by atoms with Crippen molar-refractivity contribution >= 4 is 26.9 Å². The molecule has 0 radical (unpaired) electrons. The molecule has 0 bridgehead atoms. The number of aliphatic carboxylic acids is 1. The maximum atomic E-state index is 12.4. The highest BCUT2D eigenvalue weighted by Gasteiger charge is 2.48. The van der Waals surface area contributed by atoms with Crippen molar-refractivity contribution in [2.75, 3.05) is 7.11 Å². The molecule has 0 fully saturated rings. The summed E-state index contributed by atoms with van der Waals surface area (Å²) in [4.78, 5) is 10.9. The van der Waals surface area contributed by atoms with Gasteiger partial charge in [-0.15, -0.1) is 0 Å². The molecular weight excluding hydrogens is 369 g/mol. The molecular formula is C14H11F3O7S. The molecule has 1 N–H and O–H groups in total. The number of rotatable bonds is 6. The second-order valence-electron chi connectivity index (χ2n) is 4.68. The SMILES string of the molecule is COC(Oc1ccc2ccc(OS(=O)(=O)C(F)(F)F)cc2c1)C(=O)O. The molecule has 0 aliphatic rings. The van der Waals surface area contributed by atoms with Crippen LogP contribution in [0.2, 0.25) is 0 Å². The Morgan fingerprint density at radius 3 is 2.16 bits per heavy atom. The molecule has 0 aromatic heterocycles. The molecule has 25 heavy (non-hydrogen) atoms. The van der Waals surface area contributed by atoms with Crippen molar-refractivity contribution in [3.05, 3.63) is 36.4 Å². The number of carboxylic acid groups (broad SMARTS) is 1. The molecule has 0 saturated heterocycles. The van der Waals surface area contributed by atoms with Gasteiger partial charge < -0.3 is 18.8 Å². The lowest BCUT2D eigenvalue weighted by molar-refractivity contribution is -0.166. The van der Waals surface area contributed by atoms with Crippen LogP contribution in [-0.4, -0.2) is 38.4 Å². The van der Waals surface area contributed by atoms with E-state index in [0.29, 0.717) is 5.39 Å². The molecule has 1 unspecified atom stereocenters. The average Bonchev–Trinajstić information content (AvgIpc) is 2.50. The smallest absolute Gasteiger partial charge is 0.477 e. The number of hydrogen-bond acceptors (Lipinski definition) is 6. The topological polar surface area (TPSA) is 99.1 Å². The molecule has 0 aliphatic heterocycles. The van der Waals surface area contributed by atoms with Gasteiger partial charge in [0.1, 0.15) is 11.5 Å². The van der Waals surface area contributed by atoms with Crippen molar-refractivity contribution in [2.24, 2.45) is 0 Å². The fourth-order valence-corrected chi connectivity index (χ4v) is 2.28. The van der Waals surface area contributed by atoms with E-state index in [1.807, 2.05) is 0 Å². The summed E-state index contributed by atoms with van der Waals surface area (Å²) in [5, 5.41) is 9.66. The third kappa shape index (κ3) is 4.31. The molecule has 2 aromatic carbocycles. The molecule has 0 aliphatic carbocycles. The molecule has 0 saturated carbocycles. The zero-order valence-corrected chi connectivity index (χ0v) is 13.3. The van der Waals surface area contributed by atoms with Gasteiger partial charge in [-0.1, -0.05) is 12.1 Å². The van der Waals surface area contributed by atoms with E-state index < -0.39 is 33.6 Å². The Morgan fingerprint density at radius 2 is 1.64 bits per heavy atom. The van der Waals surface area contributed by atoms with Gasteiger partial charge in [-0.05, 0) is 35.0 Å². The first-order valence-electron chi connectivity index (χ1n) is 6.50. The van der Waals surface area contributed by atoms with E-state index in [1.54, 1.807) is 0 Å². The maximum Gasteiger partial charge on any atom is 0.534 e. The summed E-state index contributed by atoms with van der Waals surface area (Å²) in [5.74, 6) is -1.88. The van der Waals surface area contributed by atoms with Crippen molar-refractivity contribution in [1.82, 2.24) is 0 Å². The first-order valence-corrected chi connectivity index (χ1v) is 7.91. The molecule has 11 heteroatoms. The van der Waals surface area contributed by atoms with E-state index in [0.717, 1.165) is 19.2 Å². The third-order valence-corrected chi connectivity index (χ3v) is 3.91. The first kappa shape index (κ1) is 18.8. The molecule has 0 amide bonds. The lowest BCUT2D eigenvalue weighted by Crippen LogP contribution is -2.28. The summed E-state index contributed by atoms with van der Waals surface area (Å²) in [7, 11) is -4.67. The minimum absolute atomic E-state index is 0.0533. The first-order chi connectivity index (χ1) is 11.5. The van der Waals surface area contributed by atoms with Gasteiger partial charge in [0.15, 0.2) is 0 Å². The maximum absolute atomic E-state index is 12.4.